The number of benzene rings is 1. The summed E-state index contributed by atoms with van der Waals surface area (Å²) >= 11 is 0. The average Bonchev–Trinajstić information content (AvgIpc) is 2.70. The number of nitrogens with zero attached hydrogens (tertiary/aromatic N) is 1. The predicted octanol–water partition coefficient (Wildman–Crippen LogP) is -0.824. The van der Waals surface area contributed by atoms with Crippen LogP contribution in [0.5, 0.6) is 5.75 Å². The van der Waals surface area contributed by atoms with E-state index in [1.165, 1.54) is 44.1 Å². The zero-order valence-corrected chi connectivity index (χ0v) is 22.2. The quantitative estimate of drug-likeness (QED) is 0.214. The topological polar surface area (TPSA) is 202 Å². The van der Waals surface area contributed by atoms with Gasteiger partial charge in [0, 0.05) is 26.2 Å². The largest absolute Gasteiger partial charge is 0.510 e. The van der Waals surface area contributed by atoms with Gasteiger partial charge in [-0.3, -0.25) is 19.3 Å². The van der Waals surface area contributed by atoms with Crippen LogP contribution in [0.4, 0.5) is 0 Å². The van der Waals surface area contributed by atoms with Crippen molar-refractivity contribution in [1.29, 1.82) is 0 Å². The van der Waals surface area contributed by atoms with Crippen LogP contribution in [0.25, 0.3) is 0 Å². The number of hydrogen-bond donors (Lipinski definition) is 7. The van der Waals surface area contributed by atoms with Gasteiger partial charge in [0.15, 0.2) is 11.4 Å². The van der Waals surface area contributed by atoms with Crippen LogP contribution in [0.3, 0.4) is 0 Å². The molecule has 35 heavy (non-hydrogen) atoms. The summed E-state index contributed by atoms with van der Waals surface area (Å²) in [5.41, 5.74) is -1.88. The summed E-state index contributed by atoms with van der Waals surface area (Å²) in [6, 6.07) is 2.54. The number of halogens is 1. The molecule has 1 aromatic rings. The van der Waals surface area contributed by atoms with Crippen molar-refractivity contribution in [3.8, 4) is 5.75 Å². The molecule has 3 aliphatic carbocycles. The Balaban J connectivity index is 0.00000216. The van der Waals surface area contributed by atoms with Crippen molar-refractivity contribution in [3.05, 3.63) is 52.0 Å². The first-order valence-electron chi connectivity index (χ1n) is 10.1. The van der Waals surface area contributed by atoms with Gasteiger partial charge in [0.1, 0.15) is 22.8 Å². The zero-order valence-electron chi connectivity index (χ0n) is 18.9. The number of hydrogen-bond acceptors (Lipinski definition) is 10. The number of carbonyl (C=O) groups is 3. The minimum absolute atomic E-state index is 0. The van der Waals surface area contributed by atoms with E-state index in [2.05, 4.69) is 0 Å². The van der Waals surface area contributed by atoms with Crippen LogP contribution in [0.1, 0.15) is 22.8 Å². The molecule has 0 spiro atoms. The maximum absolute atomic E-state index is 13.3. The summed E-state index contributed by atoms with van der Waals surface area (Å²) in [6.45, 7) is 1.25. The van der Waals surface area contributed by atoms with Crippen molar-refractivity contribution in [2.24, 2.45) is 17.6 Å². The number of carbonyl (C=O) groups excluding carboxylic acids is 3. The van der Waals surface area contributed by atoms with Crippen LogP contribution in [0, 0.1) is 11.8 Å². The Morgan fingerprint density at radius 3 is 2.20 bits per heavy atom. The van der Waals surface area contributed by atoms with E-state index in [-0.39, 0.29) is 49.7 Å². The molecule has 8 N–H and O–H groups in total. The third kappa shape index (κ3) is 3.53. The van der Waals surface area contributed by atoms with Gasteiger partial charge in [-0.25, -0.2) is 0 Å². The molecule has 0 radical (unpaired) electrons. The maximum Gasteiger partial charge on any atom is 0.255 e. The number of Topliss-reactive ketones (excluding diaryl/α,β-unsaturated/α-hetero) is 2. The molecule has 0 unspecified atom stereocenters. The minimum Gasteiger partial charge on any atom is -0.510 e. The first-order valence-corrected chi connectivity index (χ1v) is 10.1. The molecule has 6 atom stereocenters. The number of likely N-dealkylation sites (N-methyl/N-ethyl adjacent to an activating group) is 1. The predicted molar refractivity (Wildman–Crippen MR) is 118 cm³/mol. The van der Waals surface area contributed by atoms with E-state index in [1.54, 1.807) is 0 Å². The smallest absolute Gasteiger partial charge is 0.255 e. The van der Waals surface area contributed by atoms with Crippen LogP contribution in [-0.4, -0.2) is 84.9 Å². The molecule has 0 aliphatic heterocycles. The summed E-state index contributed by atoms with van der Waals surface area (Å²) in [6.07, 6.45) is -1.87. The second-order valence-electron chi connectivity index (χ2n) is 9.06. The summed E-state index contributed by atoms with van der Waals surface area (Å²) in [5.74, 6) is -9.66. The molecule has 1 amide bonds. The number of phenols is 1. The molecule has 0 heterocycles. The Kier molecular flexibility index (Phi) is 7.58. The van der Waals surface area contributed by atoms with Crippen LogP contribution in [-0.2, 0) is 41.4 Å². The number of amides is 1. The van der Waals surface area contributed by atoms with E-state index in [1.807, 2.05) is 0 Å². The molecule has 3 aliphatic rings. The van der Waals surface area contributed by atoms with Crippen molar-refractivity contribution in [2.75, 3.05) is 14.1 Å². The van der Waals surface area contributed by atoms with Crippen LogP contribution in [0.15, 0.2) is 40.9 Å². The molecule has 11 nitrogen and oxygen atoms in total. The summed E-state index contributed by atoms with van der Waals surface area (Å²) in [4.78, 5) is 39.8. The first-order chi connectivity index (χ1) is 15.2. The van der Waals surface area contributed by atoms with Gasteiger partial charge in [-0.15, -0.1) is 12.4 Å². The van der Waals surface area contributed by atoms with Gasteiger partial charge in [-0.05, 0) is 32.6 Å². The van der Waals surface area contributed by atoms with Gasteiger partial charge in [-0.2, -0.15) is 0 Å². The van der Waals surface area contributed by atoms with Crippen molar-refractivity contribution in [3.63, 3.8) is 0 Å². The Morgan fingerprint density at radius 1 is 1.11 bits per heavy atom. The summed E-state index contributed by atoms with van der Waals surface area (Å²) in [7, 11) is 2.85. The molecule has 0 saturated heterocycles. The number of phenolic OH excluding ortho intramolecular Hbond substituents is 1. The number of aromatic hydroxyl groups is 1. The zero-order chi connectivity index (χ0) is 24.8. The average molecular weight is 588 g/mol. The molecular weight excluding hydrogens is 563 g/mol. The van der Waals surface area contributed by atoms with E-state index in [9.17, 15) is 45.0 Å². The monoisotopic (exact) mass is 586 g/mol. The standard InChI is InChI=1S/C22H24N2O9.ClH.Zr/c1-21(32)7-5-4-6-8(25)9(7)15(26)10-12(21)17(28)13-14(24(2)3)16(27)11(20(23)31)19(30)22(13,33)18(10)29;;/h4-6,12-14,17,25,27-29,32-33H,1-3H3,(H2,23,31);1H;/t12-,13-,14+,17+,21-,22+;;/m1../s1. The number of aliphatic hydroxyl groups excluding tert-OH is 3. The van der Waals surface area contributed by atoms with Crippen LogP contribution >= 0.6 is 12.4 Å². The summed E-state index contributed by atoms with van der Waals surface area (Å²) < 4.78 is 0. The van der Waals surface area contributed by atoms with Gasteiger partial charge >= 0.3 is 0 Å². The molecule has 1 aromatic carbocycles. The van der Waals surface area contributed by atoms with E-state index in [0.29, 0.717) is 0 Å². The fraction of sp³-hybridized carbons (Fsp3) is 0.409. The fourth-order valence-corrected chi connectivity index (χ4v) is 5.60. The van der Waals surface area contributed by atoms with E-state index >= 15 is 0 Å². The third-order valence-electron chi connectivity index (χ3n) is 7.04. The van der Waals surface area contributed by atoms with Gasteiger partial charge < -0.3 is 36.4 Å². The SMILES string of the molecule is CN(C)[C@@H]1C(O)=C(C(N)=O)C(=O)[C@@]2(O)C(O)=C3C(=O)c4c(O)cccc4[C@@](C)(O)[C@H]3[C@H](O)[C@@H]12.Cl.[Zr]. The molecule has 0 fully saturated rings. The number of primary amides is 1. The molecular formula is C22H25ClN2O9Zr. The Labute approximate surface area is 225 Å². The van der Waals surface area contributed by atoms with Crippen molar-refractivity contribution in [1.82, 2.24) is 4.90 Å². The Hall–Kier alpha value is -2.08. The molecule has 0 aromatic heterocycles. The van der Waals surface area contributed by atoms with E-state index in [4.69, 9.17) is 5.73 Å². The van der Waals surface area contributed by atoms with E-state index in [0.717, 1.165) is 0 Å². The van der Waals surface area contributed by atoms with Gasteiger partial charge in [0.25, 0.3) is 5.91 Å². The van der Waals surface area contributed by atoms with Gasteiger partial charge in [-0.1, -0.05) is 12.1 Å². The van der Waals surface area contributed by atoms with Crippen LogP contribution in [0.2, 0.25) is 0 Å². The normalized spacial score (nSPS) is 33.9. The number of rotatable bonds is 2. The van der Waals surface area contributed by atoms with Crippen LogP contribution < -0.4 is 5.73 Å². The molecule has 0 bridgehead atoms. The second-order valence-corrected chi connectivity index (χ2v) is 9.06. The first kappa shape index (κ1) is 29.2. The van der Waals surface area contributed by atoms with Gasteiger partial charge in [0.05, 0.1) is 40.7 Å². The molecule has 13 heteroatoms. The Morgan fingerprint density at radius 2 is 1.69 bits per heavy atom. The Bertz CT molecular complexity index is 1200. The maximum atomic E-state index is 13.3. The second kappa shape index (κ2) is 9.10. The number of aliphatic hydroxyl groups is 5. The third-order valence-corrected chi connectivity index (χ3v) is 7.04. The minimum atomic E-state index is -3.02. The molecule has 4 rings (SSSR count). The van der Waals surface area contributed by atoms with Gasteiger partial charge in [0.2, 0.25) is 5.78 Å². The number of fused-ring (bicyclic) bond motifs is 3. The molecule has 0 saturated carbocycles. The fourth-order valence-electron chi connectivity index (χ4n) is 5.60. The van der Waals surface area contributed by atoms with Crippen molar-refractivity contribution < 1.29 is 71.2 Å². The number of ketones is 2. The summed E-state index contributed by atoms with van der Waals surface area (Å²) in [5, 5.41) is 66.5. The molecule has 188 valence electrons. The van der Waals surface area contributed by atoms with E-state index < -0.39 is 81.1 Å². The van der Waals surface area contributed by atoms with Crippen molar-refractivity contribution in [2.45, 2.75) is 30.3 Å². The van der Waals surface area contributed by atoms with Crippen molar-refractivity contribution >= 4 is 29.9 Å². The number of nitrogens with two attached hydrogens (primary N) is 1.